The van der Waals surface area contributed by atoms with Crippen molar-refractivity contribution in [3.05, 3.63) is 0 Å². The van der Waals surface area contributed by atoms with Crippen LogP contribution in [0.1, 0.15) is 91.4 Å². The molecule has 0 aromatic heterocycles. The van der Waals surface area contributed by atoms with E-state index in [9.17, 15) is 78.9 Å². The fourth-order valence-corrected chi connectivity index (χ4v) is 13.2. The summed E-state index contributed by atoms with van der Waals surface area (Å²) in [4.78, 5) is 93.6. The number of carboxylic acids is 5. The maximum Gasteiger partial charge on any atom is 3.00 e. The molecule has 0 aromatic rings. The van der Waals surface area contributed by atoms with Crippen LogP contribution in [0.25, 0.3) is 0 Å². The van der Waals surface area contributed by atoms with Crippen molar-refractivity contribution in [1.82, 2.24) is 20.0 Å². The molecule has 20 nitrogen and oxygen atoms in total. The van der Waals surface area contributed by atoms with Crippen LogP contribution in [0.15, 0.2) is 0 Å². The number of hydrogen-bond donors (Lipinski definition) is 5. The van der Waals surface area contributed by atoms with Gasteiger partial charge in [-0.15, -0.1) is 0 Å². The first kappa shape index (κ1) is 70.2. The van der Waals surface area contributed by atoms with E-state index in [0.29, 0.717) is 38.5 Å². The zero-order chi connectivity index (χ0) is 45.6. The van der Waals surface area contributed by atoms with Crippen LogP contribution < -0.4 is 149 Å². The van der Waals surface area contributed by atoms with Crippen molar-refractivity contribution in [2.75, 3.05) is 52.4 Å². The SMILES string of the molecule is CC(CCC(=O)[O-])C1CCC2C3C(C[C@H](O)[C@]12C)[C@@]1(C)CC[C@H](NC(=O)CCC(N(CCN(CC(=O)[O-])CC(=O)[O-])CCN(CC(=O)[O-])CC(=O)[O-])P(=O)(O)O)C[C@H]1C[C@H]3O.[Gd+3].[Na+].[Na+].[Na+].[Na+]. The van der Waals surface area contributed by atoms with Crippen molar-refractivity contribution < 1.29 is 237 Å². The molecule has 1 radical (unpaired) electrons. The maximum atomic E-state index is 13.5. The summed E-state index contributed by atoms with van der Waals surface area (Å²) in [7, 11) is -5.13. The summed E-state index contributed by atoms with van der Waals surface area (Å²) in [5.41, 5.74) is -0.723. The molecule has 5 N–H and O–H groups in total. The molecule has 0 saturated heterocycles. The van der Waals surface area contributed by atoms with E-state index in [1.165, 1.54) is 0 Å². The number of aliphatic hydroxyl groups excluding tert-OH is 2. The second-order valence-corrected chi connectivity index (χ2v) is 20.4. The van der Waals surface area contributed by atoms with Gasteiger partial charge in [0.25, 0.3) is 0 Å². The number of nitrogens with one attached hydrogen (secondary N) is 1. The van der Waals surface area contributed by atoms with E-state index in [2.05, 4.69) is 19.2 Å². The second-order valence-electron chi connectivity index (χ2n) is 18.6. The van der Waals surface area contributed by atoms with Crippen molar-refractivity contribution in [2.45, 2.75) is 115 Å². The van der Waals surface area contributed by atoms with Crippen LogP contribution in [0, 0.1) is 86.3 Å². The van der Waals surface area contributed by atoms with E-state index >= 15 is 0 Å². The Hall–Kier alpha value is 2.09. The van der Waals surface area contributed by atoms with Crippen LogP contribution in [-0.2, 0) is 33.3 Å². The molecule has 0 spiro atoms. The van der Waals surface area contributed by atoms with Crippen LogP contribution in [0.5, 0.6) is 0 Å². The Labute approximate surface area is 507 Å². The molecule has 4 rings (SSSR count). The van der Waals surface area contributed by atoms with Gasteiger partial charge in [0.2, 0.25) is 5.91 Å². The van der Waals surface area contributed by atoms with Crippen molar-refractivity contribution in [3.8, 4) is 0 Å². The monoisotopic (exact) mass is 1140 g/mol. The quantitative estimate of drug-likeness (QED) is 0.0443. The van der Waals surface area contributed by atoms with Crippen molar-refractivity contribution in [3.63, 3.8) is 0 Å². The Balaban J connectivity index is 0. The second kappa shape index (κ2) is 31.1. The van der Waals surface area contributed by atoms with Gasteiger partial charge in [0.15, 0.2) is 0 Å². The predicted octanol–water partition coefficient (Wildman–Crippen LogP) is -17.6. The summed E-state index contributed by atoms with van der Waals surface area (Å²) in [6.45, 7) is 1.24. The number of hydrogen-bond acceptors (Lipinski definition) is 17. The molecule has 0 aliphatic heterocycles. The summed E-state index contributed by atoms with van der Waals surface area (Å²) in [5.74, 6) is -9.73. The van der Waals surface area contributed by atoms with E-state index in [0.717, 1.165) is 27.5 Å². The van der Waals surface area contributed by atoms with Gasteiger partial charge in [-0.1, -0.05) is 20.8 Å². The molecule has 0 bridgehead atoms. The van der Waals surface area contributed by atoms with E-state index in [1.54, 1.807) is 0 Å². The average molecular weight is 1140 g/mol. The molecule has 4 aliphatic rings. The van der Waals surface area contributed by atoms with E-state index in [4.69, 9.17) is 0 Å². The number of aliphatic carboxylic acids is 5. The molecule has 4 fully saturated rings. The zero-order valence-corrected chi connectivity index (χ0v) is 50.7. The number of aliphatic hydroxyl groups is 2. The van der Waals surface area contributed by atoms with Gasteiger partial charge in [-0.25, -0.2) is 0 Å². The van der Waals surface area contributed by atoms with Crippen molar-refractivity contribution in [1.29, 1.82) is 0 Å². The number of carbonyl (C=O) groups is 6. The normalized spacial score (nSPS) is 29.7. The van der Waals surface area contributed by atoms with Gasteiger partial charge in [-0.05, 0) is 111 Å². The Kier molecular flexibility index (Phi) is 33.1. The summed E-state index contributed by atoms with van der Waals surface area (Å²) in [6, 6.07) is -0.330. The molecular weight excluding hydrogens is 1070 g/mol. The third kappa shape index (κ3) is 19.1. The predicted molar refractivity (Wildman–Crippen MR) is 203 cm³/mol. The maximum absolute atomic E-state index is 13.5. The minimum absolute atomic E-state index is 0. The molecule has 4 aliphatic carbocycles. The Bertz CT molecular complexity index is 1610. The smallest absolute Gasteiger partial charge is 0.550 e. The van der Waals surface area contributed by atoms with Gasteiger partial charge in [0, 0.05) is 70.8 Å². The molecule has 4 saturated carbocycles. The summed E-state index contributed by atoms with van der Waals surface area (Å²) in [5, 5.41) is 83.0. The van der Waals surface area contributed by atoms with Crippen LogP contribution >= 0.6 is 7.60 Å². The largest absolute Gasteiger partial charge is 3.00 e. The molecule has 66 heavy (non-hydrogen) atoms. The Morgan fingerprint density at radius 1 is 0.697 bits per heavy atom. The molecule has 6 unspecified atom stereocenters. The topological polar surface area (TPSA) is 337 Å². The fourth-order valence-electron chi connectivity index (χ4n) is 12.1. The van der Waals surface area contributed by atoms with E-state index in [1.807, 2.05) is 6.92 Å². The first-order valence-electron chi connectivity index (χ1n) is 21.2. The molecule has 1 amide bonds. The van der Waals surface area contributed by atoms with Crippen LogP contribution in [0.3, 0.4) is 0 Å². The van der Waals surface area contributed by atoms with E-state index in [-0.39, 0.29) is 212 Å². The summed E-state index contributed by atoms with van der Waals surface area (Å²) in [6.07, 6.45) is 2.73. The minimum atomic E-state index is -5.13. The summed E-state index contributed by atoms with van der Waals surface area (Å²) >= 11 is 0. The van der Waals surface area contributed by atoms with Gasteiger partial charge in [-0.2, -0.15) is 0 Å². The number of amides is 1. The first-order valence-corrected chi connectivity index (χ1v) is 22.9. The third-order valence-corrected chi connectivity index (χ3v) is 16.3. The summed E-state index contributed by atoms with van der Waals surface area (Å²) < 4.78 is 12.9. The average Bonchev–Trinajstić information content (AvgIpc) is 3.49. The molecule has 0 aromatic carbocycles. The fraction of sp³-hybridized carbons (Fsp3) is 0.850. The minimum Gasteiger partial charge on any atom is -0.550 e. The standard InChI is InChI=1S/C40H67N4O16P.Gd.4Na/c1-23(4-9-33(48)49)26-5-6-27-38-28(18-30(46)40(26,27)3)39(2)11-10-25(16-24(39)17-29(38)45)41-31(47)7-8-32(61(58,59)60)44(14-12-42(19-34(50)51)20-35(52)53)15-13-43(21-36(54)55)22-37(56)57;;;;;/h23-30,32,38,45-46H,4-22H2,1-3H3,(H,41,47)(H,48,49)(H,50,51)(H,52,53)(H,54,55)(H,56,57)(H2,58,59,60);;;;;/q;+3;4*+1/p-5/t23?,24-,25-,26?,27?,28?,29+,30-,32?,38?,39-,40+;;;;;/m0...../s1. The molecule has 12 atom stereocenters. The van der Waals surface area contributed by atoms with E-state index < -0.39 is 132 Å². The molecule has 26 heteroatoms. The number of carbonyl (C=O) groups excluding carboxylic acids is 6. The number of nitrogens with zero attached hydrogens (tertiary/aromatic N) is 3. The van der Waals surface area contributed by atoms with Crippen molar-refractivity contribution in [2.24, 2.45) is 46.3 Å². The number of carboxylic acid groups (broad SMARTS) is 5. The first-order chi connectivity index (χ1) is 28.4. The van der Waals surface area contributed by atoms with Gasteiger partial charge in [0.05, 0.1) is 36.1 Å². The zero-order valence-electron chi connectivity index (χ0n) is 39.5. The van der Waals surface area contributed by atoms with Gasteiger partial charge in [-0.3, -0.25) is 24.1 Å². The Morgan fingerprint density at radius 3 is 1.65 bits per heavy atom. The van der Waals surface area contributed by atoms with Crippen molar-refractivity contribution >= 4 is 43.3 Å². The van der Waals surface area contributed by atoms with Crippen LogP contribution in [0.2, 0.25) is 0 Å². The number of rotatable bonds is 24. The Morgan fingerprint density at radius 2 is 1.20 bits per heavy atom. The molecule has 353 valence electrons. The molecule has 0 heterocycles. The van der Waals surface area contributed by atoms with Gasteiger partial charge >= 0.3 is 166 Å². The molecular formula is C40H62GdN4Na4O16P+2. The van der Waals surface area contributed by atoms with Gasteiger partial charge < -0.3 is 74.8 Å². The van der Waals surface area contributed by atoms with Crippen LogP contribution in [-0.4, -0.2) is 147 Å². The number of fused-ring (bicyclic) bond motifs is 5. The third-order valence-electron chi connectivity index (χ3n) is 15.0. The van der Waals surface area contributed by atoms with Crippen LogP contribution in [0.4, 0.5) is 0 Å². The van der Waals surface area contributed by atoms with Gasteiger partial charge in [0.1, 0.15) is 5.78 Å².